The van der Waals surface area contributed by atoms with Gasteiger partial charge in [0.1, 0.15) is 0 Å². The van der Waals surface area contributed by atoms with E-state index in [2.05, 4.69) is 423 Å². The summed E-state index contributed by atoms with van der Waals surface area (Å²) in [4.78, 5) is 9.63. The summed E-state index contributed by atoms with van der Waals surface area (Å²) in [6, 6.07) is 137. The largest absolute Gasteiger partial charge is 0.311 e. The van der Waals surface area contributed by atoms with E-state index in [9.17, 15) is 0 Å². The lowest BCUT2D eigenvalue weighted by molar-refractivity contribution is 1.24. The zero-order valence-corrected chi connectivity index (χ0v) is 55.6. The summed E-state index contributed by atoms with van der Waals surface area (Å²) >= 11 is 0. The number of aryl methyl sites for hydroxylation is 4. The van der Waals surface area contributed by atoms with Crippen LogP contribution in [0.4, 0.5) is 68.2 Å². The zero-order valence-electron chi connectivity index (χ0n) is 55.6. The van der Waals surface area contributed by atoms with Crippen LogP contribution >= 0.6 is 0 Å². The van der Waals surface area contributed by atoms with Crippen molar-refractivity contribution in [2.24, 2.45) is 0 Å². The number of nitrogens with zero attached hydrogens (tertiary/aromatic N) is 4. The summed E-state index contributed by atoms with van der Waals surface area (Å²) < 4.78 is 0. The Hall–Kier alpha value is -12.5. The van der Waals surface area contributed by atoms with E-state index in [4.69, 9.17) is 0 Å². The molecule has 0 aliphatic carbocycles. The molecule has 4 heteroatoms. The molecule has 0 saturated heterocycles. The van der Waals surface area contributed by atoms with E-state index in [0.717, 1.165) is 90.5 Å². The average Bonchev–Trinajstić information content (AvgIpc) is 0.749. The van der Waals surface area contributed by atoms with Crippen molar-refractivity contribution in [1.29, 1.82) is 0 Å². The second-order valence-electron chi connectivity index (χ2n) is 25.3. The first-order valence-corrected chi connectivity index (χ1v) is 33.7. The molecule has 0 N–H and O–H groups in total. The first kappa shape index (κ1) is 61.7. The van der Waals surface area contributed by atoms with Gasteiger partial charge in [-0.3, -0.25) is 0 Å². The quantitative estimate of drug-likeness (QED) is 0.0849. The van der Waals surface area contributed by atoms with Gasteiger partial charge in [0.2, 0.25) is 0 Å². The predicted molar refractivity (Wildman–Crippen MR) is 417 cm³/mol. The molecule has 15 aromatic carbocycles. The molecule has 15 rings (SSSR count). The highest BCUT2D eigenvalue weighted by molar-refractivity contribution is 5.99. The minimum Gasteiger partial charge on any atom is -0.311 e. The van der Waals surface area contributed by atoms with Gasteiger partial charge in [-0.05, 0) is 217 Å². The maximum atomic E-state index is 2.45. The summed E-state index contributed by atoms with van der Waals surface area (Å²) in [7, 11) is 0. The molecule has 0 spiro atoms. The molecule has 0 amide bonds. The van der Waals surface area contributed by atoms with E-state index >= 15 is 0 Å². The van der Waals surface area contributed by atoms with Crippen LogP contribution in [0.3, 0.4) is 0 Å². The molecule has 98 heavy (non-hydrogen) atoms. The highest BCUT2D eigenvalue weighted by atomic mass is 15.2. The Morgan fingerprint density at radius 1 is 0.143 bits per heavy atom. The first-order chi connectivity index (χ1) is 48.2. The highest BCUT2D eigenvalue weighted by Crippen LogP contribution is 2.51. The van der Waals surface area contributed by atoms with Crippen LogP contribution in [0.2, 0.25) is 0 Å². The lowest BCUT2D eigenvalue weighted by Crippen LogP contribution is -2.15. The van der Waals surface area contributed by atoms with Gasteiger partial charge >= 0.3 is 0 Å². The SMILES string of the molecule is Cc1ccc(N(c2ccc(C)cc2)c2cc(-c3ccc(N(c4ccc(-c5ccccc5)cc4)c4ccc(-c5ccccc5)cc4)cc3)c(N(c3ccc(C)cc3)c3ccc(C)cc3)cc2-c2ccc(N(c3ccc(-c4ccccc4)cc3)c3ccc(-c4ccccc4)cc3)cc2)cc1. The second-order valence-corrected chi connectivity index (χ2v) is 25.3. The zero-order chi connectivity index (χ0) is 66.3. The van der Waals surface area contributed by atoms with Crippen molar-refractivity contribution in [2.45, 2.75) is 27.7 Å². The van der Waals surface area contributed by atoms with Crippen molar-refractivity contribution >= 4 is 68.2 Å². The highest BCUT2D eigenvalue weighted by Gasteiger charge is 2.27. The minimum absolute atomic E-state index is 1.03. The van der Waals surface area contributed by atoms with Crippen LogP contribution in [-0.2, 0) is 0 Å². The van der Waals surface area contributed by atoms with E-state index in [1.54, 1.807) is 0 Å². The molecule has 0 unspecified atom stereocenters. The van der Waals surface area contributed by atoms with Crippen LogP contribution in [0.15, 0.2) is 376 Å². The molecule has 0 aliphatic heterocycles. The molecule has 0 fully saturated rings. The maximum absolute atomic E-state index is 2.45. The van der Waals surface area contributed by atoms with Crippen LogP contribution in [0, 0.1) is 27.7 Å². The maximum Gasteiger partial charge on any atom is 0.0547 e. The summed E-state index contributed by atoms with van der Waals surface area (Å²) in [6.45, 7) is 8.64. The standard InChI is InChI=1S/C94H74N4/c1-67-25-45-87(46-26-67)97(88-47-27-68(2)28-48-88)93-65-92(80-43-63-86(64-44-80)96(83-57-37-77(38-58-83)73-21-13-7-14-22-73)84-59-39-78(40-60-84)74-23-15-8-16-24-74)94(98(89-49-29-69(3)30-50-89)90-51-31-70(4)32-52-90)66-91(93)79-41-61-85(62-42-79)95(81-53-33-75(34-54-81)71-17-9-5-10-18-71)82-55-35-76(36-56-82)72-19-11-6-12-20-72/h5-66H,1-4H3. The Kier molecular flexibility index (Phi) is 17.5. The fourth-order valence-corrected chi connectivity index (χ4v) is 13.2. The topological polar surface area (TPSA) is 13.0 Å². The van der Waals surface area contributed by atoms with Crippen LogP contribution in [0.25, 0.3) is 66.8 Å². The van der Waals surface area contributed by atoms with Gasteiger partial charge in [-0.1, -0.05) is 265 Å². The number of anilines is 12. The molecule has 0 atom stereocenters. The second kappa shape index (κ2) is 27.8. The molecule has 0 aromatic heterocycles. The van der Waals surface area contributed by atoms with Crippen molar-refractivity contribution in [2.75, 3.05) is 19.6 Å². The Bertz CT molecular complexity index is 4530. The molecule has 470 valence electrons. The molecule has 0 radical (unpaired) electrons. The van der Waals surface area contributed by atoms with Gasteiger partial charge in [-0.25, -0.2) is 0 Å². The predicted octanol–water partition coefficient (Wildman–Crippen LogP) is 26.8. The fraction of sp³-hybridized carbons (Fsp3) is 0.0426. The van der Waals surface area contributed by atoms with Gasteiger partial charge < -0.3 is 19.6 Å². The summed E-state index contributed by atoms with van der Waals surface area (Å²) in [6.07, 6.45) is 0. The van der Waals surface area contributed by atoms with Crippen LogP contribution in [0.1, 0.15) is 22.3 Å². The number of hydrogen-bond donors (Lipinski definition) is 0. The summed E-state index contributed by atoms with van der Waals surface area (Å²) in [5, 5.41) is 0. The fourth-order valence-electron chi connectivity index (χ4n) is 13.2. The molecular formula is C94H74N4. The van der Waals surface area contributed by atoms with E-state index in [1.807, 2.05) is 0 Å². The lowest BCUT2D eigenvalue weighted by Gasteiger charge is -2.33. The van der Waals surface area contributed by atoms with E-state index in [1.165, 1.54) is 66.8 Å². The first-order valence-electron chi connectivity index (χ1n) is 33.7. The van der Waals surface area contributed by atoms with Gasteiger partial charge in [-0.2, -0.15) is 0 Å². The minimum atomic E-state index is 1.03. The average molecular weight is 1260 g/mol. The summed E-state index contributed by atoms with van der Waals surface area (Å²) in [5.74, 6) is 0. The Morgan fingerprint density at radius 3 is 0.490 bits per heavy atom. The Balaban J connectivity index is 0.931. The third-order valence-corrected chi connectivity index (χ3v) is 18.6. The van der Waals surface area contributed by atoms with Gasteiger partial charge in [0.15, 0.2) is 0 Å². The van der Waals surface area contributed by atoms with Crippen molar-refractivity contribution < 1.29 is 0 Å². The van der Waals surface area contributed by atoms with E-state index in [0.29, 0.717) is 0 Å². The molecule has 4 nitrogen and oxygen atoms in total. The van der Waals surface area contributed by atoms with Crippen LogP contribution in [0.5, 0.6) is 0 Å². The number of hydrogen-bond acceptors (Lipinski definition) is 4. The van der Waals surface area contributed by atoms with Crippen molar-refractivity contribution in [3.8, 4) is 66.8 Å². The third-order valence-electron chi connectivity index (χ3n) is 18.6. The smallest absolute Gasteiger partial charge is 0.0547 e. The molecule has 0 heterocycles. The number of benzene rings is 15. The molecular weight excluding hydrogens is 1190 g/mol. The number of rotatable bonds is 18. The van der Waals surface area contributed by atoms with Crippen molar-refractivity contribution in [3.05, 3.63) is 398 Å². The van der Waals surface area contributed by atoms with Crippen LogP contribution in [-0.4, -0.2) is 0 Å². The molecule has 15 aromatic rings. The van der Waals surface area contributed by atoms with Gasteiger partial charge in [0.05, 0.1) is 11.4 Å². The van der Waals surface area contributed by atoms with Gasteiger partial charge in [0, 0.05) is 68.0 Å². The van der Waals surface area contributed by atoms with Crippen LogP contribution < -0.4 is 19.6 Å². The molecule has 0 bridgehead atoms. The molecule has 0 saturated carbocycles. The Labute approximate surface area is 577 Å². The van der Waals surface area contributed by atoms with Gasteiger partial charge in [-0.15, -0.1) is 0 Å². The van der Waals surface area contributed by atoms with Crippen molar-refractivity contribution in [1.82, 2.24) is 0 Å². The Morgan fingerprint density at radius 2 is 0.296 bits per heavy atom. The summed E-state index contributed by atoms with van der Waals surface area (Å²) in [5.41, 5.74) is 31.0. The van der Waals surface area contributed by atoms with Crippen molar-refractivity contribution in [3.63, 3.8) is 0 Å². The normalized spacial score (nSPS) is 11.1. The molecule has 0 aliphatic rings. The third kappa shape index (κ3) is 13.2. The van der Waals surface area contributed by atoms with E-state index in [-0.39, 0.29) is 0 Å². The monoisotopic (exact) mass is 1260 g/mol. The van der Waals surface area contributed by atoms with Gasteiger partial charge in [0.25, 0.3) is 0 Å². The lowest BCUT2D eigenvalue weighted by atomic mass is 9.93. The van der Waals surface area contributed by atoms with E-state index < -0.39 is 0 Å².